The van der Waals surface area contributed by atoms with Gasteiger partial charge in [-0.15, -0.1) is 0 Å². The van der Waals surface area contributed by atoms with Gasteiger partial charge in [0.25, 0.3) is 0 Å². The molecule has 0 aromatic carbocycles. The number of rotatable bonds is 6. The highest BCUT2D eigenvalue weighted by Gasteiger charge is 2.48. The second-order valence-electron chi connectivity index (χ2n) is 6.11. The summed E-state index contributed by atoms with van der Waals surface area (Å²) in [5.41, 5.74) is 1.89. The molecule has 3 aromatic heterocycles. The molecule has 1 fully saturated rings. The molecule has 0 bridgehead atoms. The number of carbonyl (C=O) groups is 1. The Bertz CT molecular complexity index is 1020. The van der Waals surface area contributed by atoms with Crippen LogP contribution in [0.5, 0.6) is 11.9 Å². The van der Waals surface area contributed by atoms with E-state index in [1.165, 1.54) is 24.9 Å². The zero-order valence-corrected chi connectivity index (χ0v) is 14.5. The Labute approximate surface area is 152 Å². The van der Waals surface area contributed by atoms with Gasteiger partial charge in [0.1, 0.15) is 5.69 Å². The maximum atomic E-state index is 13.0. The summed E-state index contributed by atoms with van der Waals surface area (Å²) in [7, 11) is 2.89. The highest BCUT2D eigenvalue weighted by atomic mass is 19.3. The molecule has 0 amide bonds. The average Bonchev–Trinajstić information content (AvgIpc) is 3.40. The number of aldehydes is 1. The second-order valence-corrected chi connectivity index (χ2v) is 6.11. The molecule has 0 N–H and O–H groups in total. The molecule has 0 spiro atoms. The van der Waals surface area contributed by atoms with E-state index in [0.717, 1.165) is 0 Å². The fraction of sp³-hybridized carbons (Fsp3) is 0.353. The lowest BCUT2D eigenvalue weighted by Crippen LogP contribution is -2.04. The van der Waals surface area contributed by atoms with Gasteiger partial charge >= 0.3 is 6.01 Å². The SMILES string of the molecule is COc1ncc(-c2ccc3nc(C=O)c([C@H]4C[C@@H]4C(F)F)n3n2)c(OC)n1. The van der Waals surface area contributed by atoms with Gasteiger partial charge < -0.3 is 9.47 Å². The van der Waals surface area contributed by atoms with Crippen LogP contribution in [0.2, 0.25) is 0 Å². The molecule has 0 saturated heterocycles. The van der Waals surface area contributed by atoms with Crippen LogP contribution in [0.3, 0.4) is 0 Å². The van der Waals surface area contributed by atoms with Crippen molar-refractivity contribution in [1.82, 2.24) is 24.6 Å². The summed E-state index contributed by atoms with van der Waals surface area (Å²) in [5, 5.41) is 4.48. The van der Waals surface area contributed by atoms with Crippen molar-refractivity contribution in [2.24, 2.45) is 5.92 Å². The number of fused-ring (bicyclic) bond motifs is 1. The summed E-state index contributed by atoms with van der Waals surface area (Å²) in [6.45, 7) is 0. The summed E-state index contributed by atoms with van der Waals surface area (Å²) in [6.07, 6.45) is -0.0810. The number of imidazole rings is 1. The number of nitrogens with zero attached hydrogens (tertiary/aromatic N) is 5. The number of hydrogen-bond acceptors (Lipinski definition) is 7. The first-order valence-electron chi connectivity index (χ1n) is 8.15. The third-order valence-corrected chi connectivity index (χ3v) is 4.55. The fourth-order valence-electron chi connectivity index (χ4n) is 3.13. The third kappa shape index (κ3) is 2.86. The summed E-state index contributed by atoms with van der Waals surface area (Å²) >= 11 is 0. The van der Waals surface area contributed by atoms with E-state index < -0.39 is 18.3 Å². The highest BCUT2D eigenvalue weighted by Crippen LogP contribution is 2.51. The van der Waals surface area contributed by atoms with Crippen LogP contribution in [0.1, 0.15) is 28.5 Å². The zero-order chi connectivity index (χ0) is 19.1. The average molecular weight is 375 g/mol. The van der Waals surface area contributed by atoms with Crippen LogP contribution in [-0.4, -0.2) is 51.5 Å². The topological polar surface area (TPSA) is 91.5 Å². The van der Waals surface area contributed by atoms with Gasteiger partial charge in [-0.25, -0.2) is 23.3 Å². The highest BCUT2D eigenvalue weighted by molar-refractivity contribution is 5.77. The van der Waals surface area contributed by atoms with Crippen molar-refractivity contribution in [2.45, 2.75) is 18.8 Å². The molecule has 140 valence electrons. The van der Waals surface area contributed by atoms with E-state index in [1.807, 2.05) is 0 Å². The first-order chi connectivity index (χ1) is 13.1. The number of hydrogen-bond donors (Lipinski definition) is 0. The van der Waals surface area contributed by atoms with Gasteiger partial charge in [0.2, 0.25) is 12.3 Å². The standard InChI is InChI=1S/C17H15F2N5O3/c1-26-16-10(6-20-17(22-16)27-2)11-3-4-13-21-12(7-25)14(24(13)23-11)8-5-9(8)15(18)19/h3-4,6-9,15H,5H2,1-2H3/t8-,9-/m0/s1. The van der Waals surface area contributed by atoms with Crippen LogP contribution in [0.4, 0.5) is 8.78 Å². The van der Waals surface area contributed by atoms with Gasteiger partial charge in [-0.05, 0) is 18.6 Å². The van der Waals surface area contributed by atoms with E-state index in [2.05, 4.69) is 20.1 Å². The molecule has 1 aliphatic rings. The molecule has 3 aromatic rings. The molecule has 10 heteroatoms. The fourth-order valence-corrected chi connectivity index (χ4v) is 3.13. The predicted octanol–water partition coefficient (Wildman–Crippen LogP) is 2.38. The van der Waals surface area contributed by atoms with Crippen molar-refractivity contribution in [2.75, 3.05) is 14.2 Å². The number of halogens is 2. The summed E-state index contributed by atoms with van der Waals surface area (Å²) in [4.78, 5) is 23.8. The number of alkyl halides is 2. The van der Waals surface area contributed by atoms with E-state index in [-0.39, 0.29) is 17.6 Å². The van der Waals surface area contributed by atoms with Crippen molar-refractivity contribution in [3.63, 3.8) is 0 Å². The Morgan fingerprint density at radius 2 is 2.07 bits per heavy atom. The van der Waals surface area contributed by atoms with Gasteiger partial charge in [-0.3, -0.25) is 4.79 Å². The van der Waals surface area contributed by atoms with Crippen LogP contribution in [0.15, 0.2) is 18.3 Å². The summed E-state index contributed by atoms with van der Waals surface area (Å²) in [5.74, 6) is -0.979. The number of carbonyl (C=O) groups excluding carboxylic acids is 1. The Hall–Kier alpha value is -3.17. The molecule has 3 heterocycles. The van der Waals surface area contributed by atoms with E-state index in [4.69, 9.17) is 9.47 Å². The molecular formula is C17H15F2N5O3. The first-order valence-corrected chi connectivity index (χ1v) is 8.15. The van der Waals surface area contributed by atoms with E-state index in [9.17, 15) is 13.6 Å². The normalized spacial score (nSPS) is 18.7. The van der Waals surface area contributed by atoms with E-state index in [1.54, 1.807) is 12.1 Å². The largest absolute Gasteiger partial charge is 0.480 e. The van der Waals surface area contributed by atoms with Gasteiger partial charge in [-0.2, -0.15) is 10.1 Å². The predicted molar refractivity (Wildman–Crippen MR) is 89.4 cm³/mol. The molecule has 0 aliphatic heterocycles. The third-order valence-electron chi connectivity index (χ3n) is 4.55. The van der Waals surface area contributed by atoms with Crippen molar-refractivity contribution in [3.05, 3.63) is 29.7 Å². The van der Waals surface area contributed by atoms with Gasteiger partial charge in [0.15, 0.2) is 11.9 Å². The van der Waals surface area contributed by atoms with Gasteiger partial charge in [0, 0.05) is 18.0 Å². The van der Waals surface area contributed by atoms with Crippen molar-refractivity contribution >= 4 is 11.9 Å². The first kappa shape index (κ1) is 17.3. The molecule has 1 saturated carbocycles. The molecule has 2 atom stereocenters. The minimum Gasteiger partial charge on any atom is -0.480 e. The van der Waals surface area contributed by atoms with Crippen molar-refractivity contribution in [3.8, 4) is 23.1 Å². The quantitative estimate of drug-likeness (QED) is 0.611. The summed E-state index contributed by atoms with van der Waals surface area (Å²) < 4.78 is 37.7. The molecule has 8 nitrogen and oxygen atoms in total. The minimum atomic E-state index is -2.45. The van der Waals surface area contributed by atoms with Crippen LogP contribution in [0, 0.1) is 5.92 Å². The molecule has 27 heavy (non-hydrogen) atoms. The maximum Gasteiger partial charge on any atom is 0.319 e. The lowest BCUT2D eigenvalue weighted by atomic mass is 10.2. The molecule has 1 aliphatic carbocycles. The van der Waals surface area contributed by atoms with E-state index >= 15 is 0 Å². The van der Waals surface area contributed by atoms with Gasteiger partial charge in [-0.1, -0.05) is 0 Å². The molecule has 0 unspecified atom stereocenters. The Morgan fingerprint density at radius 3 is 2.70 bits per heavy atom. The smallest absolute Gasteiger partial charge is 0.319 e. The number of ether oxygens (including phenoxy) is 2. The molecule has 4 rings (SSSR count). The lowest BCUT2D eigenvalue weighted by Gasteiger charge is -2.08. The van der Waals surface area contributed by atoms with Crippen LogP contribution < -0.4 is 9.47 Å². The van der Waals surface area contributed by atoms with Gasteiger partial charge in [0.05, 0.1) is 31.2 Å². The lowest BCUT2D eigenvalue weighted by molar-refractivity contribution is 0.111. The number of aromatic nitrogens is 5. The van der Waals surface area contributed by atoms with Crippen LogP contribution in [-0.2, 0) is 0 Å². The molecule has 0 radical (unpaired) electrons. The Kier molecular flexibility index (Phi) is 4.17. The molecular weight excluding hydrogens is 360 g/mol. The van der Waals surface area contributed by atoms with Crippen LogP contribution in [0.25, 0.3) is 16.9 Å². The van der Waals surface area contributed by atoms with Crippen molar-refractivity contribution in [1.29, 1.82) is 0 Å². The van der Waals surface area contributed by atoms with Crippen molar-refractivity contribution < 1.29 is 23.0 Å². The Morgan fingerprint density at radius 1 is 1.26 bits per heavy atom. The summed E-state index contributed by atoms with van der Waals surface area (Å²) in [6, 6.07) is 3.47. The van der Waals surface area contributed by atoms with Crippen LogP contribution >= 0.6 is 0 Å². The maximum absolute atomic E-state index is 13.0. The Balaban J connectivity index is 1.84. The minimum absolute atomic E-state index is 0.130. The second kappa shape index (κ2) is 6.53. The van der Waals surface area contributed by atoms with E-state index in [0.29, 0.717) is 35.3 Å². The monoisotopic (exact) mass is 375 g/mol. The zero-order valence-electron chi connectivity index (χ0n) is 14.5. The number of methoxy groups -OCH3 is 2.